The van der Waals surface area contributed by atoms with Gasteiger partial charge < -0.3 is 9.73 Å². The van der Waals surface area contributed by atoms with Crippen LogP contribution < -0.4 is 5.32 Å². The SMILES string of the molecule is CS(=O)(=O)N1CCN(Cc2ccoc2CNC2CC2)CC1. The van der Waals surface area contributed by atoms with Crippen LogP contribution in [0.1, 0.15) is 24.2 Å². The molecule has 0 bridgehead atoms. The Kier molecular flexibility index (Phi) is 4.35. The Bertz CT molecular complexity index is 572. The molecule has 0 atom stereocenters. The zero-order chi connectivity index (χ0) is 14.9. The van der Waals surface area contributed by atoms with Gasteiger partial charge in [-0.1, -0.05) is 0 Å². The fourth-order valence-corrected chi connectivity index (χ4v) is 3.47. The largest absolute Gasteiger partial charge is 0.468 e. The van der Waals surface area contributed by atoms with Crippen LogP contribution in [0.3, 0.4) is 0 Å². The van der Waals surface area contributed by atoms with Crippen LogP contribution in [0.25, 0.3) is 0 Å². The smallest absolute Gasteiger partial charge is 0.211 e. The van der Waals surface area contributed by atoms with E-state index in [9.17, 15) is 8.42 Å². The first-order valence-electron chi connectivity index (χ1n) is 7.48. The minimum atomic E-state index is -3.05. The minimum Gasteiger partial charge on any atom is -0.468 e. The molecule has 3 rings (SSSR count). The number of nitrogens with zero attached hydrogens (tertiary/aromatic N) is 2. The van der Waals surface area contributed by atoms with Crippen LogP contribution in [0.4, 0.5) is 0 Å². The third-order valence-corrected chi connectivity index (χ3v) is 5.46. The molecular formula is C14H23N3O3S. The van der Waals surface area contributed by atoms with Crippen molar-refractivity contribution in [3.05, 3.63) is 23.7 Å². The van der Waals surface area contributed by atoms with E-state index >= 15 is 0 Å². The second-order valence-electron chi connectivity index (χ2n) is 5.96. The summed E-state index contributed by atoms with van der Waals surface area (Å²) in [6.45, 7) is 4.31. The van der Waals surface area contributed by atoms with E-state index in [2.05, 4.69) is 10.2 Å². The molecule has 1 N–H and O–H groups in total. The lowest BCUT2D eigenvalue weighted by Crippen LogP contribution is -2.47. The van der Waals surface area contributed by atoms with E-state index in [0.29, 0.717) is 19.1 Å². The van der Waals surface area contributed by atoms with Crippen molar-refractivity contribution in [2.45, 2.75) is 32.0 Å². The maximum atomic E-state index is 11.5. The van der Waals surface area contributed by atoms with E-state index in [-0.39, 0.29) is 0 Å². The molecule has 21 heavy (non-hydrogen) atoms. The van der Waals surface area contributed by atoms with Gasteiger partial charge in [-0.15, -0.1) is 0 Å². The normalized spacial score (nSPS) is 21.8. The average Bonchev–Trinajstić information content (AvgIpc) is 3.17. The lowest BCUT2D eigenvalue weighted by Gasteiger charge is -2.33. The maximum Gasteiger partial charge on any atom is 0.211 e. The lowest BCUT2D eigenvalue weighted by molar-refractivity contribution is 0.181. The van der Waals surface area contributed by atoms with Gasteiger partial charge in [0.1, 0.15) is 5.76 Å². The number of piperazine rings is 1. The highest BCUT2D eigenvalue weighted by molar-refractivity contribution is 7.88. The first-order chi connectivity index (χ1) is 10.0. The summed E-state index contributed by atoms with van der Waals surface area (Å²) < 4.78 is 30.1. The van der Waals surface area contributed by atoms with Crippen LogP contribution in [-0.2, 0) is 23.1 Å². The number of sulfonamides is 1. The summed E-state index contributed by atoms with van der Waals surface area (Å²) in [4.78, 5) is 2.28. The molecule has 2 heterocycles. The molecule has 2 fully saturated rings. The average molecular weight is 313 g/mol. The predicted molar refractivity (Wildman–Crippen MR) is 80.3 cm³/mol. The second kappa shape index (κ2) is 6.08. The van der Waals surface area contributed by atoms with E-state index < -0.39 is 10.0 Å². The van der Waals surface area contributed by atoms with E-state index in [0.717, 1.165) is 31.9 Å². The summed E-state index contributed by atoms with van der Waals surface area (Å²) in [7, 11) is -3.05. The van der Waals surface area contributed by atoms with Gasteiger partial charge in [0.15, 0.2) is 0 Å². The van der Waals surface area contributed by atoms with Gasteiger partial charge in [0.25, 0.3) is 0 Å². The lowest BCUT2D eigenvalue weighted by atomic mass is 10.2. The Balaban J connectivity index is 1.52. The van der Waals surface area contributed by atoms with Crippen LogP contribution >= 0.6 is 0 Å². The van der Waals surface area contributed by atoms with Crippen molar-refractivity contribution in [3.8, 4) is 0 Å². The first kappa shape index (κ1) is 15.0. The molecule has 1 saturated heterocycles. The van der Waals surface area contributed by atoms with Gasteiger partial charge in [0.2, 0.25) is 10.0 Å². The minimum absolute atomic E-state index is 0.576. The molecule has 0 spiro atoms. The van der Waals surface area contributed by atoms with Gasteiger partial charge in [0.05, 0.1) is 19.1 Å². The van der Waals surface area contributed by atoms with Gasteiger partial charge >= 0.3 is 0 Å². The highest BCUT2D eigenvalue weighted by Gasteiger charge is 2.25. The summed E-state index contributed by atoms with van der Waals surface area (Å²) in [6, 6.07) is 2.69. The molecule has 118 valence electrons. The van der Waals surface area contributed by atoms with Crippen molar-refractivity contribution in [2.24, 2.45) is 0 Å². The van der Waals surface area contributed by atoms with Crippen molar-refractivity contribution in [2.75, 3.05) is 32.4 Å². The molecule has 0 unspecified atom stereocenters. The summed E-state index contributed by atoms with van der Waals surface area (Å²) in [6.07, 6.45) is 5.55. The zero-order valence-electron chi connectivity index (χ0n) is 12.4. The topological polar surface area (TPSA) is 65.8 Å². The summed E-state index contributed by atoms with van der Waals surface area (Å²) in [5.41, 5.74) is 1.20. The molecule has 1 aliphatic carbocycles. The van der Waals surface area contributed by atoms with Crippen molar-refractivity contribution >= 4 is 10.0 Å². The van der Waals surface area contributed by atoms with Crippen LogP contribution in [0.2, 0.25) is 0 Å². The number of rotatable bonds is 6. The monoisotopic (exact) mass is 313 g/mol. The molecule has 6 nitrogen and oxygen atoms in total. The Morgan fingerprint density at radius 1 is 1.29 bits per heavy atom. The Hall–Kier alpha value is -0.890. The molecule has 7 heteroatoms. The quantitative estimate of drug-likeness (QED) is 0.833. The molecule has 1 saturated carbocycles. The van der Waals surface area contributed by atoms with Gasteiger partial charge in [-0.3, -0.25) is 4.90 Å². The second-order valence-corrected chi connectivity index (χ2v) is 7.94. The third kappa shape index (κ3) is 4.06. The summed E-state index contributed by atoms with van der Waals surface area (Å²) in [5.74, 6) is 1.01. The summed E-state index contributed by atoms with van der Waals surface area (Å²) >= 11 is 0. The fraction of sp³-hybridized carbons (Fsp3) is 0.714. The number of hydrogen-bond acceptors (Lipinski definition) is 5. The fourth-order valence-electron chi connectivity index (χ4n) is 2.65. The van der Waals surface area contributed by atoms with E-state index in [1.54, 1.807) is 10.6 Å². The van der Waals surface area contributed by atoms with Crippen molar-refractivity contribution in [3.63, 3.8) is 0 Å². The number of nitrogens with one attached hydrogen (secondary N) is 1. The highest BCUT2D eigenvalue weighted by Crippen LogP contribution is 2.21. The zero-order valence-corrected chi connectivity index (χ0v) is 13.2. The van der Waals surface area contributed by atoms with Crippen molar-refractivity contribution < 1.29 is 12.8 Å². The molecule has 1 aromatic heterocycles. The molecule has 1 aliphatic heterocycles. The molecule has 0 radical (unpaired) electrons. The molecule has 0 amide bonds. The molecule has 1 aromatic rings. The maximum absolute atomic E-state index is 11.5. The molecule has 2 aliphatic rings. The van der Waals surface area contributed by atoms with Crippen LogP contribution in [0, 0.1) is 0 Å². The highest BCUT2D eigenvalue weighted by atomic mass is 32.2. The Labute approximate surface area is 126 Å². The van der Waals surface area contributed by atoms with Crippen LogP contribution in [-0.4, -0.2) is 56.1 Å². The van der Waals surface area contributed by atoms with E-state index in [4.69, 9.17) is 4.42 Å². The molecule has 0 aromatic carbocycles. The Morgan fingerprint density at radius 3 is 2.62 bits per heavy atom. The Morgan fingerprint density at radius 2 is 2.00 bits per heavy atom. The van der Waals surface area contributed by atoms with E-state index in [1.807, 2.05) is 6.07 Å². The van der Waals surface area contributed by atoms with Crippen molar-refractivity contribution in [1.29, 1.82) is 0 Å². The van der Waals surface area contributed by atoms with Gasteiger partial charge in [-0.05, 0) is 18.9 Å². The number of hydrogen-bond donors (Lipinski definition) is 1. The first-order valence-corrected chi connectivity index (χ1v) is 9.33. The summed E-state index contributed by atoms with van der Waals surface area (Å²) in [5, 5.41) is 3.46. The van der Waals surface area contributed by atoms with Gasteiger partial charge in [-0.25, -0.2) is 8.42 Å². The predicted octanol–water partition coefficient (Wildman–Crippen LogP) is 0.609. The molecular weight excluding hydrogens is 290 g/mol. The van der Waals surface area contributed by atoms with Crippen LogP contribution in [0.5, 0.6) is 0 Å². The third-order valence-electron chi connectivity index (χ3n) is 4.16. The van der Waals surface area contributed by atoms with Gasteiger partial charge in [0, 0.05) is 44.3 Å². The number of furan rings is 1. The standard InChI is InChI=1S/C14H23N3O3S/c1-21(18,19)17-7-5-16(6-8-17)11-12-4-9-20-14(12)10-15-13-2-3-13/h4,9,13,15H,2-3,5-8,10-11H2,1H3. The van der Waals surface area contributed by atoms with Crippen molar-refractivity contribution in [1.82, 2.24) is 14.5 Å². The van der Waals surface area contributed by atoms with E-state index in [1.165, 1.54) is 24.7 Å². The van der Waals surface area contributed by atoms with Gasteiger partial charge in [-0.2, -0.15) is 4.31 Å². The van der Waals surface area contributed by atoms with Crippen LogP contribution in [0.15, 0.2) is 16.7 Å².